The lowest BCUT2D eigenvalue weighted by molar-refractivity contribution is 0.607. The van der Waals surface area contributed by atoms with Crippen molar-refractivity contribution in [3.05, 3.63) is 143 Å². The van der Waals surface area contributed by atoms with E-state index >= 15 is 0 Å². The van der Waals surface area contributed by atoms with E-state index in [0.717, 1.165) is 23.4 Å². The Labute approximate surface area is 270 Å². The molecule has 0 radical (unpaired) electrons. The second kappa shape index (κ2) is 16.0. The summed E-state index contributed by atoms with van der Waals surface area (Å²) in [6, 6.07) is 41.1. The van der Waals surface area contributed by atoms with Gasteiger partial charge in [0.15, 0.2) is 0 Å². The van der Waals surface area contributed by atoms with Crippen LogP contribution in [0.15, 0.2) is 131 Å². The molecule has 2 nitrogen and oxygen atoms in total. The van der Waals surface area contributed by atoms with Crippen LogP contribution in [0, 0.1) is 13.8 Å². The third kappa shape index (κ3) is 8.54. The molecule has 0 aliphatic carbocycles. The second-order valence-corrected chi connectivity index (χ2v) is 12.2. The first-order valence-corrected chi connectivity index (χ1v) is 16.6. The highest BCUT2D eigenvalue weighted by atomic mass is 15.1. The van der Waals surface area contributed by atoms with Crippen molar-refractivity contribution in [3.8, 4) is 33.4 Å². The van der Waals surface area contributed by atoms with Crippen molar-refractivity contribution in [1.82, 2.24) is 0 Å². The van der Waals surface area contributed by atoms with Gasteiger partial charge < -0.3 is 0 Å². The number of unbranched alkanes of at least 4 members (excludes halogenated alkanes) is 5. The maximum Gasteiger partial charge on any atom is 0.0862 e. The van der Waals surface area contributed by atoms with Crippen LogP contribution in [0.3, 0.4) is 0 Å². The van der Waals surface area contributed by atoms with Gasteiger partial charge in [-0.05, 0) is 114 Å². The Bertz CT molecular complexity index is 1730. The summed E-state index contributed by atoms with van der Waals surface area (Å²) in [5.74, 6) is 0. The molecule has 0 N–H and O–H groups in total. The van der Waals surface area contributed by atoms with E-state index in [4.69, 9.17) is 10.2 Å². The minimum Gasteiger partial charge on any atom is -0.155 e. The van der Waals surface area contributed by atoms with E-state index in [1.54, 1.807) is 0 Å². The lowest BCUT2D eigenvalue weighted by Gasteiger charge is -2.15. The van der Waals surface area contributed by atoms with E-state index in [-0.39, 0.29) is 0 Å². The maximum absolute atomic E-state index is 4.75. The molecule has 0 aromatic heterocycles. The third-order valence-corrected chi connectivity index (χ3v) is 8.47. The topological polar surface area (TPSA) is 24.7 Å². The molecule has 0 saturated heterocycles. The Balaban J connectivity index is 1.43. The highest BCUT2D eigenvalue weighted by molar-refractivity contribution is 5.87. The fourth-order valence-corrected chi connectivity index (χ4v) is 6.35. The van der Waals surface area contributed by atoms with Crippen LogP contribution in [0.4, 0.5) is 5.69 Å². The Morgan fingerprint density at radius 1 is 0.600 bits per heavy atom. The Hall–Kier alpha value is -4.56. The first kappa shape index (κ1) is 31.9. The lowest BCUT2D eigenvalue weighted by Crippen LogP contribution is -1.94. The first-order chi connectivity index (χ1) is 22.0. The molecule has 5 aromatic carbocycles. The molecular weight excluding hydrogens is 544 g/mol. The number of hydrogen-bond donors (Lipinski definition) is 0. The molecule has 0 atom stereocenters. The van der Waals surface area contributed by atoms with Crippen LogP contribution in [-0.4, -0.2) is 0 Å². The van der Waals surface area contributed by atoms with Gasteiger partial charge in [-0.2, -0.15) is 10.2 Å². The van der Waals surface area contributed by atoms with Gasteiger partial charge in [-0.1, -0.05) is 136 Å². The van der Waals surface area contributed by atoms with Gasteiger partial charge in [0.25, 0.3) is 0 Å². The summed E-state index contributed by atoms with van der Waals surface area (Å²) in [6.45, 7) is 8.72. The number of azo groups is 1. The molecule has 5 rings (SSSR count). The molecule has 0 heterocycles. The molecule has 0 fully saturated rings. The van der Waals surface area contributed by atoms with Gasteiger partial charge in [0, 0.05) is 0 Å². The minimum atomic E-state index is 0.878. The van der Waals surface area contributed by atoms with Crippen molar-refractivity contribution in [1.29, 1.82) is 0 Å². The largest absolute Gasteiger partial charge is 0.155 e. The van der Waals surface area contributed by atoms with Gasteiger partial charge in [-0.25, -0.2) is 0 Å². The van der Waals surface area contributed by atoms with Crippen LogP contribution in [-0.2, 0) is 6.42 Å². The third-order valence-electron chi connectivity index (χ3n) is 8.47. The second-order valence-electron chi connectivity index (χ2n) is 12.2. The van der Waals surface area contributed by atoms with E-state index in [9.17, 15) is 0 Å². The van der Waals surface area contributed by atoms with Gasteiger partial charge >= 0.3 is 0 Å². The van der Waals surface area contributed by atoms with Crippen LogP contribution in [0.1, 0.15) is 74.6 Å². The molecule has 0 saturated carbocycles. The molecule has 0 bridgehead atoms. The Morgan fingerprint density at radius 3 is 1.80 bits per heavy atom. The monoisotopic (exact) mass is 590 g/mol. The van der Waals surface area contributed by atoms with E-state index in [1.165, 1.54) is 88.6 Å². The highest BCUT2D eigenvalue weighted by Crippen LogP contribution is 2.37. The molecule has 0 amide bonds. The van der Waals surface area contributed by atoms with Crippen molar-refractivity contribution < 1.29 is 0 Å². The molecular formula is C43H46N2. The number of aryl methyl sites for hydroxylation is 3. The molecule has 0 aliphatic heterocycles. The van der Waals surface area contributed by atoms with Crippen molar-refractivity contribution >= 4 is 11.8 Å². The fourth-order valence-electron chi connectivity index (χ4n) is 6.35. The summed E-state index contributed by atoms with van der Waals surface area (Å²) in [5.41, 5.74) is 14.3. The Morgan fingerprint density at radius 2 is 1.16 bits per heavy atom. The predicted octanol–water partition coefficient (Wildman–Crippen LogP) is 13.4. The summed E-state index contributed by atoms with van der Waals surface area (Å²) >= 11 is 0. The maximum atomic E-state index is 4.75. The number of allylic oxidation sites excluding steroid dienone is 1. The van der Waals surface area contributed by atoms with E-state index in [0.29, 0.717) is 0 Å². The molecule has 228 valence electrons. The first-order valence-electron chi connectivity index (χ1n) is 16.6. The van der Waals surface area contributed by atoms with Crippen molar-refractivity contribution in [2.24, 2.45) is 10.2 Å². The van der Waals surface area contributed by atoms with Crippen LogP contribution in [0.2, 0.25) is 0 Å². The van der Waals surface area contributed by atoms with Gasteiger partial charge in [0.05, 0.1) is 11.4 Å². The molecule has 45 heavy (non-hydrogen) atoms. The number of hydrogen-bond acceptors (Lipinski definition) is 2. The smallest absolute Gasteiger partial charge is 0.0862 e. The van der Waals surface area contributed by atoms with Gasteiger partial charge in [0.2, 0.25) is 0 Å². The minimum absolute atomic E-state index is 0.878. The lowest BCUT2D eigenvalue weighted by atomic mass is 9.89. The zero-order chi connectivity index (χ0) is 31.4. The van der Waals surface area contributed by atoms with E-state index in [1.807, 2.05) is 6.92 Å². The molecule has 2 heteroatoms. The fraction of sp³-hybridized carbons (Fsp3) is 0.256. The SMILES string of the molecule is CCCCCCCCc1cc(N=NC(C)=Cc2cc(C)c(-c3ccccc3)c(-c3ccccc3)c2)cc(C)c1-c1ccccc1. The highest BCUT2D eigenvalue weighted by Gasteiger charge is 2.13. The van der Waals surface area contributed by atoms with Crippen molar-refractivity contribution in [2.75, 3.05) is 0 Å². The van der Waals surface area contributed by atoms with Crippen LogP contribution < -0.4 is 0 Å². The van der Waals surface area contributed by atoms with Crippen LogP contribution >= 0.6 is 0 Å². The van der Waals surface area contributed by atoms with Gasteiger partial charge in [0.1, 0.15) is 0 Å². The van der Waals surface area contributed by atoms with Crippen molar-refractivity contribution in [2.45, 2.75) is 72.6 Å². The predicted molar refractivity (Wildman–Crippen MR) is 194 cm³/mol. The van der Waals surface area contributed by atoms with E-state index in [2.05, 4.69) is 142 Å². The summed E-state index contributed by atoms with van der Waals surface area (Å²) in [5, 5.41) is 9.46. The average molecular weight is 591 g/mol. The van der Waals surface area contributed by atoms with Crippen LogP contribution in [0.25, 0.3) is 39.5 Å². The summed E-state index contributed by atoms with van der Waals surface area (Å²) in [4.78, 5) is 0. The summed E-state index contributed by atoms with van der Waals surface area (Å²) in [6.07, 6.45) is 10.9. The Kier molecular flexibility index (Phi) is 11.3. The number of benzene rings is 5. The molecule has 5 aromatic rings. The number of rotatable bonds is 13. The zero-order valence-corrected chi connectivity index (χ0v) is 27.4. The standard InChI is InChI=1S/C43H46N2/c1-5-6-7-8-9-13-26-39-31-40(28-33(3)42(39)37-22-16-11-17-23-37)45-44-34(4)29-35-27-32(2)43(38-24-18-12-19-25-38)41(30-35)36-20-14-10-15-21-36/h10-12,14-25,27-31H,5-9,13,26H2,1-4H3. The van der Waals surface area contributed by atoms with Crippen molar-refractivity contribution in [3.63, 3.8) is 0 Å². The van der Waals surface area contributed by atoms with Gasteiger partial charge in [-0.15, -0.1) is 0 Å². The summed E-state index contributed by atoms with van der Waals surface area (Å²) in [7, 11) is 0. The molecule has 0 aliphatic rings. The zero-order valence-electron chi connectivity index (χ0n) is 27.4. The summed E-state index contributed by atoms with van der Waals surface area (Å²) < 4.78 is 0. The van der Waals surface area contributed by atoms with Crippen LogP contribution in [0.5, 0.6) is 0 Å². The molecule has 0 unspecified atom stereocenters. The van der Waals surface area contributed by atoms with E-state index < -0.39 is 0 Å². The quantitative estimate of drug-likeness (QED) is 0.0962. The van der Waals surface area contributed by atoms with Gasteiger partial charge in [-0.3, -0.25) is 0 Å². The molecule has 0 spiro atoms. The average Bonchev–Trinajstić information content (AvgIpc) is 3.06. The number of nitrogens with zero attached hydrogens (tertiary/aromatic N) is 2. The normalized spacial score (nSPS) is 11.8.